The first-order chi connectivity index (χ1) is 17.0. The van der Waals surface area contributed by atoms with Gasteiger partial charge in [-0.15, -0.1) is 0 Å². The van der Waals surface area contributed by atoms with Crippen LogP contribution in [0.1, 0.15) is 29.3 Å². The first kappa shape index (κ1) is 21.6. The Balaban J connectivity index is 1.35. The summed E-state index contributed by atoms with van der Waals surface area (Å²) in [7, 11) is 0. The molecule has 180 valence electrons. The molecule has 2 N–H and O–H groups in total. The Hall–Kier alpha value is -3.95. The summed E-state index contributed by atoms with van der Waals surface area (Å²) in [5.41, 5.74) is 3.80. The highest BCUT2D eigenvalue weighted by Gasteiger charge is 2.49. The number of nitro groups is 1. The summed E-state index contributed by atoms with van der Waals surface area (Å²) in [5, 5.41) is 14.5. The number of imidazole rings is 1. The third-order valence-electron chi connectivity index (χ3n) is 7.79. The summed E-state index contributed by atoms with van der Waals surface area (Å²) < 4.78 is 1.87. The van der Waals surface area contributed by atoms with E-state index in [2.05, 4.69) is 20.2 Å². The second-order valence-electron chi connectivity index (χ2n) is 9.73. The van der Waals surface area contributed by atoms with Crippen LogP contribution in [0, 0.1) is 22.0 Å². The number of H-pyrrole nitrogens is 1. The van der Waals surface area contributed by atoms with Crippen molar-refractivity contribution in [3.05, 3.63) is 86.3 Å². The van der Waals surface area contributed by atoms with Crippen molar-refractivity contribution in [2.24, 2.45) is 11.8 Å². The van der Waals surface area contributed by atoms with E-state index < -0.39 is 0 Å². The largest absolute Gasteiger partial charge is 0.366 e. The van der Waals surface area contributed by atoms with Gasteiger partial charge in [-0.1, -0.05) is 6.07 Å². The van der Waals surface area contributed by atoms with Crippen LogP contribution < -0.4 is 15.8 Å². The Morgan fingerprint density at radius 2 is 2.14 bits per heavy atom. The zero-order chi connectivity index (χ0) is 24.1. The normalized spacial score (nSPS) is 24.2. The van der Waals surface area contributed by atoms with E-state index in [0.717, 1.165) is 29.1 Å². The molecular weight excluding hydrogens is 448 g/mol. The Labute approximate surface area is 201 Å². The fourth-order valence-electron chi connectivity index (χ4n) is 6.32. The number of hydrogen-bond acceptors (Lipinski definition) is 6. The fourth-order valence-corrected chi connectivity index (χ4v) is 6.32. The van der Waals surface area contributed by atoms with Crippen molar-refractivity contribution < 1.29 is 9.72 Å². The van der Waals surface area contributed by atoms with E-state index in [1.807, 2.05) is 22.8 Å². The SMILES string of the molecule is O=C(NCCc1cnc[nH]1)[C@@H]1Cc2cc([N+](=O)[O-])ccc2N2C[C@@H]3C[C@@H](Cn4c3cccc4=O)[C@@H]12. The minimum absolute atomic E-state index is 0.00181. The Bertz CT molecular complexity index is 1350. The summed E-state index contributed by atoms with van der Waals surface area (Å²) in [5.74, 6) is -0.114. The molecule has 3 aliphatic rings. The molecular formula is C25H26N6O4. The predicted octanol–water partition coefficient (Wildman–Crippen LogP) is 2.00. The van der Waals surface area contributed by atoms with E-state index in [9.17, 15) is 19.7 Å². The molecule has 3 aromatic rings. The van der Waals surface area contributed by atoms with Gasteiger partial charge in [0, 0.05) is 79.5 Å². The molecule has 3 aliphatic heterocycles. The van der Waals surface area contributed by atoms with E-state index >= 15 is 0 Å². The van der Waals surface area contributed by atoms with Gasteiger partial charge in [0.15, 0.2) is 0 Å². The van der Waals surface area contributed by atoms with Crippen molar-refractivity contribution in [3.8, 4) is 0 Å². The lowest BCUT2D eigenvalue weighted by molar-refractivity contribution is -0.384. The molecule has 0 unspecified atom stereocenters. The number of non-ortho nitro benzene ring substituents is 1. The Morgan fingerprint density at radius 3 is 2.94 bits per heavy atom. The van der Waals surface area contributed by atoms with Gasteiger partial charge < -0.3 is 19.8 Å². The molecule has 6 rings (SSSR count). The van der Waals surface area contributed by atoms with E-state index in [0.29, 0.717) is 32.5 Å². The zero-order valence-corrected chi connectivity index (χ0v) is 19.1. The molecule has 10 heteroatoms. The molecule has 2 aromatic heterocycles. The molecule has 4 atom stereocenters. The highest BCUT2D eigenvalue weighted by Crippen LogP contribution is 2.47. The summed E-state index contributed by atoms with van der Waals surface area (Å²) in [4.78, 5) is 46.5. The standard InChI is InChI=1S/C25H26N6O4/c32-23-3-1-2-21-16-8-17(13-29(21)23)24-20(25(33)27-7-6-18-11-26-14-28-18)10-15-9-19(31(34)35)4-5-22(15)30(24)12-16/h1-5,9,11,14,16-17,20,24H,6-8,10,12-13H2,(H,26,28)(H,27,33)/t16-,17-,20+,24-/m0/s1. The first-order valence-corrected chi connectivity index (χ1v) is 12.0. The Morgan fingerprint density at radius 1 is 1.26 bits per heavy atom. The average Bonchev–Trinajstić information content (AvgIpc) is 3.37. The number of aromatic amines is 1. The maximum absolute atomic E-state index is 13.5. The minimum Gasteiger partial charge on any atom is -0.366 e. The Kier molecular flexibility index (Phi) is 5.16. The first-order valence-electron chi connectivity index (χ1n) is 12.0. The predicted molar refractivity (Wildman–Crippen MR) is 128 cm³/mol. The zero-order valence-electron chi connectivity index (χ0n) is 19.1. The molecule has 0 radical (unpaired) electrons. The number of rotatable bonds is 5. The number of fused-ring (bicyclic) bond motifs is 8. The topological polar surface area (TPSA) is 126 Å². The molecule has 35 heavy (non-hydrogen) atoms. The summed E-state index contributed by atoms with van der Waals surface area (Å²) in [6, 6.07) is 10.3. The van der Waals surface area contributed by atoms with Gasteiger partial charge >= 0.3 is 0 Å². The molecule has 1 amide bonds. The van der Waals surface area contributed by atoms with Crippen LogP contribution in [0.15, 0.2) is 53.7 Å². The number of benzene rings is 1. The van der Waals surface area contributed by atoms with E-state index in [1.165, 1.54) is 0 Å². The molecule has 5 heterocycles. The minimum atomic E-state index is -0.389. The third kappa shape index (κ3) is 3.69. The van der Waals surface area contributed by atoms with Crippen LogP contribution in [0.3, 0.4) is 0 Å². The van der Waals surface area contributed by atoms with Crippen molar-refractivity contribution in [1.82, 2.24) is 19.9 Å². The van der Waals surface area contributed by atoms with Crippen LogP contribution in [0.5, 0.6) is 0 Å². The van der Waals surface area contributed by atoms with Gasteiger partial charge in [-0.3, -0.25) is 19.7 Å². The number of anilines is 1. The number of piperidine rings is 1. The van der Waals surface area contributed by atoms with Crippen molar-refractivity contribution in [3.63, 3.8) is 0 Å². The van der Waals surface area contributed by atoms with E-state index in [4.69, 9.17) is 0 Å². The monoisotopic (exact) mass is 474 g/mol. The van der Waals surface area contributed by atoms with Crippen LogP contribution in [-0.2, 0) is 24.2 Å². The van der Waals surface area contributed by atoms with Gasteiger partial charge in [-0.25, -0.2) is 4.98 Å². The number of nitro benzene ring substituents is 1. The molecule has 2 bridgehead atoms. The van der Waals surface area contributed by atoms with Gasteiger partial charge in [0.1, 0.15) is 0 Å². The van der Waals surface area contributed by atoms with Crippen LogP contribution in [0.25, 0.3) is 0 Å². The van der Waals surface area contributed by atoms with Crippen molar-refractivity contribution >= 4 is 17.3 Å². The number of aromatic nitrogens is 3. The van der Waals surface area contributed by atoms with Crippen LogP contribution >= 0.6 is 0 Å². The highest BCUT2D eigenvalue weighted by molar-refractivity contribution is 5.82. The summed E-state index contributed by atoms with van der Waals surface area (Å²) in [6.07, 6.45) is 5.35. The number of pyridine rings is 1. The number of carbonyl (C=O) groups excluding carboxylic acids is 1. The van der Waals surface area contributed by atoms with Gasteiger partial charge in [0.25, 0.3) is 11.2 Å². The number of nitrogens with one attached hydrogen (secondary N) is 2. The number of carbonyl (C=O) groups is 1. The maximum atomic E-state index is 13.5. The lowest BCUT2D eigenvalue weighted by Crippen LogP contribution is -2.61. The lowest BCUT2D eigenvalue weighted by atomic mass is 9.70. The number of amides is 1. The van der Waals surface area contributed by atoms with Crippen LogP contribution in [0.2, 0.25) is 0 Å². The lowest BCUT2D eigenvalue weighted by Gasteiger charge is -2.54. The van der Waals surface area contributed by atoms with Gasteiger partial charge in [-0.2, -0.15) is 0 Å². The maximum Gasteiger partial charge on any atom is 0.269 e. The summed E-state index contributed by atoms with van der Waals surface area (Å²) >= 11 is 0. The molecule has 1 saturated heterocycles. The second-order valence-corrected chi connectivity index (χ2v) is 9.73. The smallest absolute Gasteiger partial charge is 0.269 e. The molecule has 1 fully saturated rings. The molecule has 1 aromatic carbocycles. The second kappa shape index (κ2) is 8.37. The van der Waals surface area contributed by atoms with E-state index in [-0.39, 0.29) is 45.9 Å². The molecule has 0 aliphatic carbocycles. The number of nitrogens with zero attached hydrogens (tertiary/aromatic N) is 4. The van der Waals surface area contributed by atoms with Crippen LogP contribution in [-0.4, -0.2) is 44.5 Å². The summed E-state index contributed by atoms with van der Waals surface area (Å²) in [6.45, 7) is 1.72. The van der Waals surface area contributed by atoms with E-state index in [1.54, 1.807) is 30.7 Å². The average molecular weight is 475 g/mol. The van der Waals surface area contributed by atoms with Gasteiger partial charge in [0.05, 0.1) is 17.2 Å². The van der Waals surface area contributed by atoms with Crippen molar-refractivity contribution in [2.75, 3.05) is 18.0 Å². The fraction of sp³-hybridized carbons (Fsp3) is 0.400. The van der Waals surface area contributed by atoms with Crippen molar-refractivity contribution in [2.45, 2.75) is 37.8 Å². The van der Waals surface area contributed by atoms with Crippen LogP contribution in [0.4, 0.5) is 11.4 Å². The quantitative estimate of drug-likeness (QED) is 0.430. The van der Waals surface area contributed by atoms with Gasteiger partial charge in [0.2, 0.25) is 5.91 Å². The molecule has 0 spiro atoms. The molecule has 10 nitrogen and oxygen atoms in total. The highest BCUT2D eigenvalue weighted by atomic mass is 16.6. The third-order valence-corrected chi connectivity index (χ3v) is 7.79. The van der Waals surface area contributed by atoms with Crippen molar-refractivity contribution in [1.29, 1.82) is 0 Å². The van der Waals surface area contributed by atoms with Gasteiger partial charge in [-0.05, 0) is 36.5 Å². The number of hydrogen-bond donors (Lipinski definition) is 2. The molecule has 0 saturated carbocycles.